The van der Waals surface area contributed by atoms with Crippen molar-refractivity contribution in [1.29, 1.82) is 0 Å². The maximum Gasteiger partial charge on any atom is 0.0277 e. The first-order chi connectivity index (χ1) is 3.80. The molecule has 1 radical (unpaired) electrons. The van der Waals surface area contributed by atoms with Crippen molar-refractivity contribution in [3.63, 3.8) is 0 Å². The Morgan fingerprint density at radius 3 is 2.38 bits per heavy atom. The van der Waals surface area contributed by atoms with Gasteiger partial charge in [-0.25, -0.2) is 0 Å². The van der Waals surface area contributed by atoms with E-state index in [1.54, 1.807) is 0 Å². The number of hydrogen-bond acceptors (Lipinski definition) is 0. The van der Waals surface area contributed by atoms with Crippen molar-refractivity contribution < 1.29 is 0 Å². The zero-order valence-electron chi connectivity index (χ0n) is 4.20. The first kappa shape index (κ1) is 6.56. The molecule has 0 nitrogen and oxygen atoms in total. The number of allylic oxidation sites excluding steroid dienone is 4. The quantitative estimate of drug-likeness (QED) is 0.606. The van der Waals surface area contributed by atoms with E-state index in [1.165, 1.54) is 0 Å². The third kappa shape index (κ3) is 1.46. The standard InChI is InChI=1S/C6H5Br2/c7-5-3-1-2-4-6(5)8/h1,3-4H,2H2. The van der Waals surface area contributed by atoms with E-state index in [0.29, 0.717) is 0 Å². The first-order valence-electron chi connectivity index (χ1n) is 2.36. The summed E-state index contributed by atoms with van der Waals surface area (Å²) in [5, 5.41) is 0. The molecule has 1 rings (SSSR count). The summed E-state index contributed by atoms with van der Waals surface area (Å²) in [6.45, 7) is 0. The van der Waals surface area contributed by atoms with Crippen LogP contribution < -0.4 is 0 Å². The van der Waals surface area contributed by atoms with Gasteiger partial charge in [0.1, 0.15) is 0 Å². The van der Waals surface area contributed by atoms with E-state index in [2.05, 4.69) is 44.4 Å². The van der Waals surface area contributed by atoms with E-state index in [4.69, 9.17) is 0 Å². The molecule has 0 aromatic rings. The smallest absolute Gasteiger partial charge is 0.0277 e. The summed E-state index contributed by atoms with van der Waals surface area (Å²) in [7, 11) is 0. The van der Waals surface area contributed by atoms with Gasteiger partial charge >= 0.3 is 0 Å². The van der Waals surface area contributed by atoms with Gasteiger partial charge in [0.25, 0.3) is 0 Å². The third-order valence-electron chi connectivity index (χ3n) is 0.925. The Bertz CT molecular complexity index is 127. The van der Waals surface area contributed by atoms with E-state index >= 15 is 0 Å². The van der Waals surface area contributed by atoms with Gasteiger partial charge in [-0.1, -0.05) is 12.2 Å². The molecular weight excluding hydrogens is 232 g/mol. The average molecular weight is 237 g/mol. The molecule has 0 aromatic heterocycles. The van der Waals surface area contributed by atoms with Crippen LogP contribution in [0.1, 0.15) is 6.42 Å². The van der Waals surface area contributed by atoms with Crippen LogP contribution in [0.25, 0.3) is 0 Å². The molecule has 0 aliphatic heterocycles. The largest absolute Gasteiger partial charge is 0.0685 e. The summed E-state index contributed by atoms with van der Waals surface area (Å²) in [6, 6.07) is 0. The highest BCUT2D eigenvalue weighted by Gasteiger charge is 1.99. The van der Waals surface area contributed by atoms with Gasteiger partial charge in [0.2, 0.25) is 0 Å². The fourth-order valence-corrected chi connectivity index (χ4v) is 1.19. The van der Waals surface area contributed by atoms with E-state index in [0.717, 1.165) is 15.4 Å². The van der Waals surface area contributed by atoms with Gasteiger partial charge < -0.3 is 0 Å². The molecule has 0 amide bonds. The summed E-state index contributed by atoms with van der Waals surface area (Å²) >= 11 is 6.75. The highest BCUT2D eigenvalue weighted by molar-refractivity contribution is 9.15. The Labute approximate surface area is 65.9 Å². The molecule has 0 fully saturated rings. The Balaban J connectivity index is 2.73. The van der Waals surface area contributed by atoms with Crippen molar-refractivity contribution in [3.05, 3.63) is 27.5 Å². The molecule has 1 aliphatic carbocycles. The Morgan fingerprint density at radius 1 is 1.25 bits per heavy atom. The maximum atomic E-state index is 3.38. The summed E-state index contributed by atoms with van der Waals surface area (Å²) in [4.78, 5) is 0. The minimum absolute atomic E-state index is 1.04. The van der Waals surface area contributed by atoms with Crippen LogP contribution in [-0.4, -0.2) is 0 Å². The summed E-state index contributed by atoms with van der Waals surface area (Å²) in [5.74, 6) is 0. The summed E-state index contributed by atoms with van der Waals surface area (Å²) < 4.78 is 2.28. The van der Waals surface area contributed by atoms with E-state index < -0.39 is 0 Å². The molecule has 0 spiro atoms. The molecule has 0 aromatic carbocycles. The van der Waals surface area contributed by atoms with Crippen molar-refractivity contribution in [1.82, 2.24) is 0 Å². The molecule has 0 heterocycles. The first-order valence-corrected chi connectivity index (χ1v) is 3.94. The van der Waals surface area contributed by atoms with Crippen LogP contribution in [0.3, 0.4) is 0 Å². The fourth-order valence-electron chi connectivity index (χ4n) is 0.520. The van der Waals surface area contributed by atoms with E-state index in [9.17, 15) is 0 Å². The lowest BCUT2D eigenvalue weighted by atomic mass is 10.2. The third-order valence-corrected chi connectivity index (χ3v) is 2.90. The summed E-state index contributed by atoms with van der Waals surface area (Å²) in [6.07, 6.45) is 7.30. The second kappa shape index (κ2) is 2.83. The molecule has 0 bridgehead atoms. The highest BCUT2D eigenvalue weighted by Crippen LogP contribution is 2.27. The zero-order chi connectivity index (χ0) is 5.98. The fraction of sp³-hybridized carbons (Fsp3) is 0.167. The van der Waals surface area contributed by atoms with Crippen LogP contribution >= 0.6 is 31.9 Å². The molecule has 8 heavy (non-hydrogen) atoms. The lowest BCUT2D eigenvalue weighted by molar-refractivity contribution is 1.26. The molecular formula is C6H5Br2. The van der Waals surface area contributed by atoms with Crippen molar-refractivity contribution in [2.45, 2.75) is 6.42 Å². The molecule has 0 unspecified atom stereocenters. The predicted octanol–water partition coefficient (Wildman–Crippen LogP) is 3.15. The van der Waals surface area contributed by atoms with Crippen molar-refractivity contribution in [2.75, 3.05) is 0 Å². The molecule has 2 heteroatoms. The second-order valence-electron chi connectivity index (χ2n) is 1.54. The normalized spacial score (nSPS) is 19.8. The SMILES string of the molecule is BrC1=C[CH]CC=C1Br. The molecule has 0 N–H and O–H groups in total. The van der Waals surface area contributed by atoms with Crippen molar-refractivity contribution in [2.24, 2.45) is 0 Å². The number of hydrogen-bond donors (Lipinski definition) is 0. The second-order valence-corrected chi connectivity index (χ2v) is 3.25. The van der Waals surface area contributed by atoms with Gasteiger partial charge in [-0.15, -0.1) is 0 Å². The Morgan fingerprint density at radius 2 is 2.00 bits per heavy atom. The van der Waals surface area contributed by atoms with Crippen molar-refractivity contribution >= 4 is 31.9 Å². The van der Waals surface area contributed by atoms with Gasteiger partial charge in [0.15, 0.2) is 0 Å². The van der Waals surface area contributed by atoms with Gasteiger partial charge in [0, 0.05) is 8.96 Å². The highest BCUT2D eigenvalue weighted by atomic mass is 79.9. The van der Waals surface area contributed by atoms with E-state index in [-0.39, 0.29) is 0 Å². The molecule has 0 saturated carbocycles. The molecule has 0 saturated heterocycles. The van der Waals surface area contributed by atoms with Gasteiger partial charge in [-0.2, -0.15) is 0 Å². The van der Waals surface area contributed by atoms with Gasteiger partial charge in [-0.05, 0) is 44.7 Å². The zero-order valence-corrected chi connectivity index (χ0v) is 7.37. The van der Waals surface area contributed by atoms with Crippen LogP contribution in [0.15, 0.2) is 21.1 Å². The maximum absolute atomic E-state index is 3.38. The van der Waals surface area contributed by atoms with E-state index in [1.807, 2.05) is 6.08 Å². The lowest BCUT2D eigenvalue weighted by Crippen LogP contribution is -1.80. The van der Waals surface area contributed by atoms with Crippen LogP contribution in [0, 0.1) is 6.42 Å². The van der Waals surface area contributed by atoms with Crippen molar-refractivity contribution in [3.8, 4) is 0 Å². The Kier molecular flexibility index (Phi) is 2.32. The lowest BCUT2D eigenvalue weighted by Gasteiger charge is -2.01. The van der Waals surface area contributed by atoms with Crippen LogP contribution in [0.2, 0.25) is 0 Å². The predicted molar refractivity (Wildman–Crippen MR) is 42.9 cm³/mol. The van der Waals surface area contributed by atoms with Gasteiger partial charge in [-0.3, -0.25) is 0 Å². The van der Waals surface area contributed by atoms with Crippen LogP contribution in [0.4, 0.5) is 0 Å². The molecule has 1 aliphatic rings. The van der Waals surface area contributed by atoms with Crippen LogP contribution in [0.5, 0.6) is 0 Å². The number of rotatable bonds is 0. The topological polar surface area (TPSA) is 0 Å². The molecule has 0 atom stereocenters. The monoisotopic (exact) mass is 235 g/mol. The van der Waals surface area contributed by atoms with Gasteiger partial charge in [0.05, 0.1) is 0 Å². The minimum atomic E-state index is 1.04. The Hall–Kier alpha value is 0.440. The average Bonchev–Trinajstić information content (AvgIpc) is 1.77. The number of halogens is 2. The van der Waals surface area contributed by atoms with Crippen LogP contribution in [-0.2, 0) is 0 Å². The molecule has 43 valence electrons. The summed E-state index contributed by atoms with van der Waals surface area (Å²) in [5.41, 5.74) is 0. The minimum Gasteiger partial charge on any atom is -0.0685 e.